The maximum absolute atomic E-state index is 15.2. The van der Waals surface area contributed by atoms with Crippen LogP contribution in [0.3, 0.4) is 0 Å². The maximum Gasteiger partial charge on any atom is 0.449 e. The van der Waals surface area contributed by atoms with Gasteiger partial charge in [-0.15, -0.1) is 0 Å². The van der Waals surface area contributed by atoms with E-state index in [-0.39, 0.29) is 30.1 Å². The molecule has 1 N–H and O–H groups in total. The highest BCUT2D eigenvalue weighted by atomic mass is 28.3. The Bertz CT molecular complexity index is 1120. The fraction of sp³-hybridized carbons (Fsp3) is 0.962. The Kier molecular flexibility index (Phi) is 8.36. The molecular formula is C26H33F13O4Si. The van der Waals surface area contributed by atoms with Crippen LogP contribution in [0.15, 0.2) is 0 Å². The number of halogens is 13. The van der Waals surface area contributed by atoms with Gasteiger partial charge in [0, 0.05) is 8.07 Å². The Hall–Kier alpha value is -1.30. The minimum Gasteiger partial charge on any atom is -0.443 e. The summed E-state index contributed by atoms with van der Waals surface area (Å²) in [6.07, 6.45) is -9.77. The van der Waals surface area contributed by atoms with E-state index in [1.54, 1.807) is 0 Å². The van der Waals surface area contributed by atoms with Gasteiger partial charge in [-0.1, -0.05) is 26.2 Å². The van der Waals surface area contributed by atoms with Crippen molar-refractivity contribution in [1.29, 1.82) is 0 Å². The number of rotatable bonds is 6. The Morgan fingerprint density at radius 2 is 1.36 bits per heavy atom. The van der Waals surface area contributed by atoms with Crippen LogP contribution in [0.5, 0.6) is 0 Å². The molecule has 0 aromatic rings. The van der Waals surface area contributed by atoms with Crippen molar-refractivity contribution in [1.82, 2.24) is 0 Å². The van der Waals surface area contributed by atoms with Crippen molar-refractivity contribution < 1.29 is 76.5 Å². The van der Waals surface area contributed by atoms with Crippen molar-refractivity contribution in [2.24, 2.45) is 41.4 Å². The number of alkyl halides is 13. The quantitative estimate of drug-likeness (QED) is 0.135. The first kappa shape index (κ1) is 35.5. The highest BCUT2D eigenvalue weighted by Gasteiger charge is 2.96. The highest BCUT2D eigenvalue weighted by molar-refractivity contribution is 6.74. The fourth-order valence-electron chi connectivity index (χ4n) is 8.05. The van der Waals surface area contributed by atoms with Gasteiger partial charge in [0.15, 0.2) is 0 Å². The van der Waals surface area contributed by atoms with E-state index >= 15 is 17.6 Å². The third-order valence-corrected chi connectivity index (χ3v) is 9.71. The van der Waals surface area contributed by atoms with Crippen molar-refractivity contribution >= 4 is 14.0 Å². The molecule has 0 radical (unpaired) electrons. The second-order valence-corrected chi connectivity index (χ2v) is 20.3. The largest absolute Gasteiger partial charge is 0.449 e. The van der Waals surface area contributed by atoms with E-state index in [4.69, 9.17) is 0 Å². The smallest absolute Gasteiger partial charge is 0.443 e. The molecule has 44 heavy (non-hydrogen) atoms. The summed E-state index contributed by atoms with van der Waals surface area (Å²) in [5.74, 6) is -39.0. The van der Waals surface area contributed by atoms with Gasteiger partial charge in [0.2, 0.25) is 0 Å². The van der Waals surface area contributed by atoms with E-state index in [0.717, 1.165) is 19.3 Å². The SMILES string of the molecule is C[Si](C)(C)C.O=C(OC1(C(F)(F)C(F)(F)C(F)(F)C(F)F)COC(O)(C(F)(F)F)C1(F)F)C1CC2CC1C1C3CCC(C3)C21. The lowest BCUT2D eigenvalue weighted by Gasteiger charge is -2.46. The fourth-order valence-corrected chi connectivity index (χ4v) is 8.05. The van der Waals surface area contributed by atoms with E-state index in [9.17, 15) is 49.4 Å². The summed E-state index contributed by atoms with van der Waals surface area (Å²) in [5, 5.41) is 9.51. The number of hydrogen-bond acceptors (Lipinski definition) is 4. The second-order valence-electron chi connectivity index (χ2n) is 14.3. The number of hydrogen-bond donors (Lipinski definition) is 1. The minimum atomic E-state index is -7.51. The summed E-state index contributed by atoms with van der Waals surface area (Å²) in [5.41, 5.74) is -5.95. The topological polar surface area (TPSA) is 55.8 Å². The first-order valence-electron chi connectivity index (χ1n) is 14.0. The molecule has 1 heterocycles. The van der Waals surface area contributed by atoms with E-state index in [1.165, 1.54) is 0 Å². The summed E-state index contributed by atoms with van der Waals surface area (Å²) >= 11 is 0. The molecule has 18 heteroatoms. The number of carbonyl (C=O) groups is 1. The third-order valence-electron chi connectivity index (χ3n) is 9.71. The van der Waals surface area contributed by atoms with E-state index in [0.29, 0.717) is 12.3 Å². The van der Waals surface area contributed by atoms with Gasteiger partial charge in [0.05, 0.1) is 5.92 Å². The van der Waals surface area contributed by atoms with E-state index in [1.807, 2.05) is 0 Å². The Balaban J connectivity index is 0.000000818. The molecule has 9 unspecified atom stereocenters. The van der Waals surface area contributed by atoms with E-state index in [2.05, 4.69) is 35.7 Å². The van der Waals surface area contributed by atoms with Gasteiger partial charge in [-0.3, -0.25) is 4.79 Å². The van der Waals surface area contributed by atoms with Crippen LogP contribution in [0.25, 0.3) is 0 Å². The number of carbonyl (C=O) groups excluding carboxylic acids is 1. The Morgan fingerprint density at radius 3 is 1.82 bits per heavy atom. The van der Waals surface area contributed by atoms with Gasteiger partial charge in [0.25, 0.3) is 5.60 Å². The molecule has 4 nitrogen and oxygen atoms in total. The van der Waals surface area contributed by atoms with Gasteiger partial charge in [0.1, 0.15) is 6.61 Å². The first-order valence-corrected chi connectivity index (χ1v) is 18.0. The summed E-state index contributed by atoms with van der Waals surface area (Å²) in [6, 6.07) is 0. The molecule has 9 atom stereocenters. The zero-order valence-electron chi connectivity index (χ0n) is 23.9. The molecule has 4 bridgehead atoms. The molecule has 0 aromatic heterocycles. The van der Waals surface area contributed by atoms with Gasteiger partial charge in [-0.25, -0.2) is 8.78 Å². The molecule has 1 aliphatic heterocycles. The van der Waals surface area contributed by atoms with Crippen molar-refractivity contribution in [3.63, 3.8) is 0 Å². The van der Waals surface area contributed by atoms with Gasteiger partial charge in [-0.05, 0) is 67.6 Å². The lowest BCUT2D eigenvalue weighted by atomic mass is 9.67. The van der Waals surface area contributed by atoms with Crippen molar-refractivity contribution in [3.05, 3.63) is 0 Å². The van der Waals surface area contributed by atoms with Gasteiger partial charge < -0.3 is 14.6 Å². The summed E-state index contributed by atoms with van der Waals surface area (Å²) in [6.45, 7) is 6.24. The molecule has 5 rings (SSSR count). The zero-order valence-corrected chi connectivity index (χ0v) is 24.9. The number of aliphatic hydroxyl groups is 1. The van der Waals surface area contributed by atoms with Crippen LogP contribution in [0, 0.1) is 41.4 Å². The van der Waals surface area contributed by atoms with Crippen molar-refractivity contribution in [3.8, 4) is 0 Å². The first-order chi connectivity index (χ1) is 19.6. The Morgan fingerprint density at radius 1 is 0.864 bits per heavy atom. The lowest BCUT2D eigenvalue weighted by molar-refractivity contribution is -0.433. The average Bonchev–Trinajstić information content (AvgIpc) is 3.65. The van der Waals surface area contributed by atoms with Crippen LogP contribution in [0.4, 0.5) is 57.1 Å². The van der Waals surface area contributed by atoms with Crippen LogP contribution in [-0.4, -0.2) is 73.4 Å². The summed E-state index contributed by atoms with van der Waals surface area (Å²) in [4.78, 5) is 13.0. The normalized spacial score (nSPS) is 39.8. The molecule has 1 saturated heterocycles. The number of fused-ring (bicyclic) bond motifs is 9. The van der Waals surface area contributed by atoms with Gasteiger partial charge >= 0.3 is 48.0 Å². The monoisotopic (exact) mass is 684 g/mol. The van der Waals surface area contributed by atoms with Crippen LogP contribution >= 0.6 is 0 Å². The standard InChI is InChI=1S/C22H21F13O4.C4H12Si/c23-15(24)17(25,26)20(31,32)18(27,28)16(6-38-21(37,19(16,29)30)22(33,34)35)39-14(36)11-5-9-4-10(11)13-8-2-1-7(3-8)12(9)13;1-5(2,3)4/h7-13,15,37H,1-6H2;1-4H3. The molecule has 5 fully saturated rings. The Labute approximate surface area is 245 Å². The second kappa shape index (κ2) is 10.3. The highest BCUT2D eigenvalue weighted by Crippen LogP contribution is 2.70. The maximum atomic E-state index is 15.2. The van der Waals surface area contributed by atoms with Crippen LogP contribution < -0.4 is 0 Å². The molecule has 5 aliphatic rings. The average molecular weight is 685 g/mol. The molecule has 4 aliphatic carbocycles. The van der Waals surface area contributed by atoms with Crippen molar-refractivity contribution in [2.45, 2.75) is 106 Å². The minimum absolute atomic E-state index is 0.0849. The number of ether oxygens (including phenoxy) is 2. The molecular weight excluding hydrogens is 651 g/mol. The molecule has 4 saturated carbocycles. The van der Waals surface area contributed by atoms with Gasteiger partial charge in [-0.2, -0.15) is 48.3 Å². The third kappa shape index (κ3) is 4.79. The molecule has 0 spiro atoms. The van der Waals surface area contributed by atoms with Crippen LogP contribution in [0.1, 0.15) is 32.1 Å². The van der Waals surface area contributed by atoms with E-state index < -0.39 is 80.2 Å². The predicted octanol–water partition coefficient (Wildman–Crippen LogP) is 7.63. The molecule has 0 aromatic carbocycles. The lowest BCUT2D eigenvalue weighted by Crippen LogP contribution is -2.76. The predicted molar refractivity (Wildman–Crippen MR) is 128 cm³/mol. The summed E-state index contributed by atoms with van der Waals surface area (Å²) < 4.78 is 189. The van der Waals surface area contributed by atoms with Crippen LogP contribution in [-0.2, 0) is 14.3 Å². The molecule has 256 valence electrons. The zero-order chi connectivity index (χ0) is 33.9. The summed E-state index contributed by atoms with van der Waals surface area (Å²) in [7, 11) is -0.611. The van der Waals surface area contributed by atoms with Crippen LogP contribution in [0.2, 0.25) is 26.2 Å². The van der Waals surface area contributed by atoms with Crippen molar-refractivity contribution in [2.75, 3.05) is 6.61 Å². The molecule has 0 amide bonds. The number of esters is 1.